The van der Waals surface area contributed by atoms with Crippen molar-refractivity contribution in [1.29, 1.82) is 0 Å². The van der Waals surface area contributed by atoms with Gasteiger partial charge in [0, 0.05) is 12.6 Å². The third-order valence-corrected chi connectivity index (χ3v) is 3.93. The standard InChI is InChI=1S/C13H12BrClN2O3/c1-7-9(12(15)17(2)16-7)6-20-11-8(13(18)19)4-3-5-10(11)14/h3-5H,6H2,1-2H3,(H,18,19). The Labute approximate surface area is 129 Å². The molecule has 0 unspecified atom stereocenters. The summed E-state index contributed by atoms with van der Waals surface area (Å²) in [7, 11) is 1.74. The Balaban J connectivity index is 2.30. The summed E-state index contributed by atoms with van der Waals surface area (Å²) in [6.07, 6.45) is 0. The molecule has 1 aromatic carbocycles. The minimum atomic E-state index is -1.05. The molecule has 0 spiro atoms. The molecule has 0 amide bonds. The second-order valence-corrected chi connectivity index (χ2v) is 5.40. The van der Waals surface area contributed by atoms with Gasteiger partial charge in [0.15, 0.2) is 0 Å². The molecule has 106 valence electrons. The zero-order chi connectivity index (χ0) is 14.9. The molecule has 7 heteroatoms. The number of benzene rings is 1. The van der Waals surface area contributed by atoms with Crippen molar-refractivity contribution in [2.45, 2.75) is 13.5 Å². The number of halogens is 2. The molecule has 1 aromatic heterocycles. The molecular formula is C13H12BrClN2O3. The van der Waals surface area contributed by atoms with Crippen molar-refractivity contribution in [3.63, 3.8) is 0 Å². The van der Waals surface area contributed by atoms with E-state index in [1.165, 1.54) is 6.07 Å². The minimum absolute atomic E-state index is 0.0945. The molecule has 5 nitrogen and oxygen atoms in total. The molecule has 2 rings (SSSR count). The first-order valence-corrected chi connectivity index (χ1v) is 6.91. The number of aryl methyl sites for hydroxylation is 2. The van der Waals surface area contributed by atoms with E-state index in [0.29, 0.717) is 9.63 Å². The largest absolute Gasteiger partial charge is 0.487 e. The first-order valence-electron chi connectivity index (χ1n) is 5.74. The number of hydrogen-bond acceptors (Lipinski definition) is 3. The van der Waals surface area contributed by atoms with Crippen LogP contribution >= 0.6 is 27.5 Å². The fraction of sp³-hybridized carbons (Fsp3) is 0.231. The highest BCUT2D eigenvalue weighted by molar-refractivity contribution is 9.10. The van der Waals surface area contributed by atoms with E-state index in [0.717, 1.165) is 11.3 Å². The lowest BCUT2D eigenvalue weighted by Crippen LogP contribution is -2.04. The summed E-state index contributed by atoms with van der Waals surface area (Å²) in [6.45, 7) is 1.98. The molecule has 0 fully saturated rings. The van der Waals surface area contributed by atoms with E-state index < -0.39 is 5.97 Å². The molecule has 1 heterocycles. The number of aromatic carboxylic acids is 1. The van der Waals surface area contributed by atoms with Crippen LogP contribution < -0.4 is 4.74 Å². The van der Waals surface area contributed by atoms with Crippen molar-refractivity contribution < 1.29 is 14.6 Å². The Bertz CT molecular complexity index is 670. The third-order valence-electron chi connectivity index (χ3n) is 2.83. The van der Waals surface area contributed by atoms with Crippen molar-refractivity contribution in [2.24, 2.45) is 7.05 Å². The smallest absolute Gasteiger partial charge is 0.339 e. The molecule has 1 N–H and O–H groups in total. The average Bonchev–Trinajstić information content (AvgIpc) is 2.62. The predicted molar refractivity (Wildman–Crippen MR) is 78.4 cm³/mol. The van der Waals surface area contributed by atoms with Crippen molar-refractivity contribution in [1.82, 2.24) is 9.78 Å². The molecule has 0 bridgehead atoms. The lowest BCUT2D eigenvalue weighted by atomic mass is 10.2. The first-order chi connectivity index (χ1) is 9.41. The van der Waals surface area contributed by atoms with Gasteiger partial charge in [0.2, 0.25) is 0 Å². The van der Waals surface area contributed by atoms with Gasteiger partial charge in [-0.1, -0.05) is 17.7 Å². The number of carboxylic acids is 1. The molecule has 0 radical (unpaired) electrons. The monoisotopic (exact) mass is 358 g/mol. The first kappa shape index (κ1) is 14.9. The maximum Gasteiger partial charge on any atom is 0.339 e. The topological polar surface area (TPSA) is 64.4 Å². The normalized spacial score (nSPS) is 10.6. The summed E-state index contributed by atoms with van der Waals surface area (Å²) in [5.74, 6) is -0.769. The molecular weight excluding hydrogens is 348 g/mol. The number of rotatable bonds is 4. The summed E-state index contributed by atoms with van der Waals surface area (Å²) < 4.78 is 7.75. The van der Waals surface area contributed by atoms with Crippen molar-refractivity contribution in [2.75, 3.05) is 0 Å². The van der Waals surface area contributed by atoms with Crippen LogP contribution in [0.25, 0.3) is 0 Å². The van der Waals surface area contributed by atoms with Crippen LogP contribution in [0.5, 0.6) is 5.75 Å². The fourth-order valence-corrected chi connectivity index (χ4v) is 2.52. The molecule has 0 aliphatic carbocycles. The quantitative estimate of drug-likeness (QED) is 0.908. The van der Waals surface area contributed by atoms with E-state index in [-0.39, 0.29) is 17.9 Å². The van der Waals surface area contributed by atoms with Gasteiger partial charge in [0.25, 0.3) is 0 Å². The van der Waals surface area contributed by atoms with Gasteiger partial charge >= 0.3 is 5.97 Å². The zero-order valence-electron chi connectivity index (χ0n) is 10.9. The van der Waals surface area contributed by atoms with Gasteiger partial charge in [-0.3, -0.25) is 4.68 Å². The van der Waals surface area contributed by atoms with Crippen molar-refractivity contribution in [3.05, 3.63) is 44.6 Å². The van der Waals surface area contributed by atoms with Crippen LogP contribution in [0.4, 0.5) is 0 Å². The average molecular weight is 360 g/mol. The van der Waals surface area contributed by atoms with Gasteiger partial charge in [-0.25, -0.2) is 4.79 Å². The van der Waals surface area contributed by atoms with Crippen LogP contribution in [0.2, 0.25) is 5.15 Å². The van der Waals surface area contributed by atoms with Gasteiger partial charge in [0.1, 0.15) is 23.1 Å². The van der Waals surface area contributed by atoms with E-state index in [1.807, 2.05) is 6.92 Å². The number of carboxylic acid groups (broad SMARTS) is 1. The maximum absolute atomic E-state index is 11.2. The highest BCUT2D eigenvalue weighted by Gasteiger charge is 2.17. The lowest BCUT2D eigenvalue weighted by Gasteiger charge is -2.11. The van der Waals surface area contributed by atoms with Crippen LogP contribution in [-0.4, -0.2) is 20.9 Å². The number of aromatic nitrogens is 2. The summed E-state index contributed by atoms with van der Waals surface area (Å²) in [5.41, 5.74) is 1.58. The number of ether oxygens (including phenoxy) is 1. The summed E-state index contributed by atoms with van der Waals surface area (Å²) in [4.78, 5) is 11.2. The third kappa shape index (κ3) is 2.81. The molecule has 2 aromatic rings. The van der Waals surface area contributed by atoms with Gasteiger partial charge in [0.05, 0.1) is 10.2 Å². The Hall–Kier alpha value is -1.53. The van der Waals surface area contributed by atoms with Crippen LogP contribution in [0.1, 0.15) is 21.6 Å². The predicted octanol–water partition coefficient (Wildman–Crippen LogP) is 3.42. The van der Waals surface area contributed by atoms with Crippen LogP contribution in [0.15, 0.2) is 22.7 Å². The lowest BCUT2D eigenvalue weighted by molar-refractivity contribution is 0.0691. The summed E-state index contributed by atoms with van der Waals surface area (Å²) in [6, 6.07) is 4.85. The van der Waals surface area contributed by atoms with Crippen LogP contribution in [0, 0.1) is 6.92 Å². The Kier molecular flexibility index (Phi) is 4.35. The second-order valence-electron chi connectivity index (χ2n) is 4.19. The number of carbonyl (C=O) groups is 1. The molecule has 0 aliphatic heterocycles. The highest BCUT2D eigenvalue weighted by atomic mass is 79.9. The highest BCUT2D eigenvalue weighted by Crippen LogP contribution is 2.31. The van der Waals surface area contributed by atoms with Crippen molar-refractivity contribution in [3.8, 4) is 5.75 Å². The van der Waals surface area contributed by atoms with E-state index >= 15 is 0 Å². The number of para-hydroxylation sites is 1. The SMILES string of the molecule is Cc1nn(C)c(Cl)c1COc1c(Br)cccc1C(=O)O. The Morgan fingerprint density at radius 1 is 1.55 bits per heavy atom. The number of nitrogens with zero attached hydrogens (tertiary/aromatic N) is 2. The molecule has 0 atom stereocenters. The summed E-state index contributed by atoms with van der Waals surface area (Å²) >= 11 is 9.40. The summed E-state index contributed by atoms with van der Waals surface area (Å²) in [5, 5.41) is 13.8. The van der Waals surface area contributed by atoms with Crippen LogP contribution in [-0.2, 0) is 13.7 Å². The molecule has 0 saturated heterocycles. The minimum Gasteiger partial charge on any atom is -0.487 e. The van der Waals surface area contributed by atoms with Gasteiger partial charge in [-0.2, -0.15) is 5.10 Å². The van der Waals surface area contributed by atoms with E-state index in [4.69, 9.17) is 21.4 Å². The second kappa shape index (κ2) is 5.85. The van der Waals surface area contributed by atoms with Crippen LogP contribution in [0.3, 0.4) is 0 Å². The Morgan fingerprint density at radius 3 is 2.80 bits per heavy atom. The molecule has 0 saturated carbocycles. The van der Waals surface area contributed by atoms with Gasteiger partial charge in [-0.05, 0) is 35.0 Å². The van der Waals surface area contributed by atoms with E-state index in [1.54, 1.807) is 23.9 Å². The fourth-order valence-electron chi connectivity index (χ4n) is 1.81. The molecule has 0 aliphatic rings. The molecule has 20 heavy (non-hydrogen) atoms. The van der Waals surface area contributed by atoms with Crippen molar-refractivity contribution >= 4 is 33.5 Å². The number of hydrogen-bond donors (Lipinski definition) is 1. The van der Waals surface area contributed by atoms with Gasteiger partial charge < -0.3 is 9.84 Å². The Morgan fingerprint density at radius 2 is 2.25 bits per heavy atom. The maximum atomic E-state index is 11.2. The zero-order valence-corrected chi connectivity index (χ0v) is 13.2. The van der Waals surface area contributed by atoms with E-state index in [2.05, 4.69) is 21.0 Å². The van der Waals surface area contributed by atoms with E-state index in [9.17, 15) is 4.79 Å². The van der Waals surface area contributed by atoms with Gasteiger partial charge in [-0.15, -0.1) is 0 Å².